The van der Waals surface area contributed by atoms with E-state index >= 15 is 0 Å². The average molecular weight is 335 g/mol. The SMILES string of the molecule is CCCCCCc1ccc(CC(CO)NC(=O)OC(C)(C)C)cc1. The van der Waals surface area contributed by atoms with Crippen LogP contribution in [-0.4, -0.2) is 29.4 Å². The standard InChI is InChI=1S/C20H33NO3/c1-5-6-7-8-9-16-10-12-17(13-11-16)14-18(15-22)21-19(23)24-20(2,3)4/h10-13,18,22H,5-9,14-15H2,1-4H3,(H,21,23). The van der Waals surface area contributed by atoms with Crippen LogP contribution in [-0.2, 0) is 17.6 Å². The fourth-order valence-electron chi connectivity index (χ4n) is 2.52. The van der Waals surface area contributed by atoms with Gasteiger partial charge in [0.05, 0.1) is 12.6 Å². The number of nitrogens with one attached hydrogen (secondary N) is 1. The molecule has 4 heteroatoms. The monoisotopic (exact) mass is 335 g/mol. The van der Waals surface area contributed by atoms with Crippen molar-refractivity contribution >= 4 is 6.09 Å². The summed E-state index contributed by atoms with van der Waals surface area (Å²) in [6.45, 7) is 7.56. The molecule has 1 aromatic rings. The molecular weight excluding hydrogens is 302 g/mol. The van der Waals surface area contributed by atoms with E-state index in [1.807, 2.05) is 20.8 Å². The van der Waals surface area contributed by atoms with E-state index in [9.17, 15) is 9.90 Å². The highest BCUT2D eigenvalue weighted by atomic mass is 16.6. The van der Waals surface area contributed by atoms with Gasteiger partial charge >= 0.3 is 6.09 Å². The fourth-order valence-corrected chi connectivity index (χ4v) is 2.52. The lowest BCUT2D eigenvalue weighted by Crippen LogP contribution is -2.42. The Morgan fingerprint density at radius 2 is 1.75 bits per heavy atom. The molecule has 1 rings (SSSR count). The number of aryl methyl sites for hydroxylation is 1. The zero-order chi connectivity index (χ0) is 18.0. The lowest BCUT2D eigenvalue weighted by Gasteiger charge is -2.22. The molecule has 0 heterocycles. The molecule has 0 aliphatic heterocycles. The molecule has 0 saturated heterocycles. The van der Waals surface area contributed by atoms with E-state index in [0.717, 1.165) is 12.0 Å². The summed E-state index contributed by atoms with van der Waals surface area (Å²) >= 11 is 0. The highest BCUT2D eigenvalue weighted by Gasteiger charge is 2.19. The number of unbranched alkanes of at least 4 members (excludes halogenated alkanes) is 3. The third-order valence-corrected chi connectivity index (χ3v) is 3.77. The number of rotatable bonds is 9. The van der Waals surface area contributed by atoms with Gasteiger partial charge in [-0.05, 0) is 51.2 Å². The third kappa shape index (κ3) is 8.92. The van der Waals surface area contributed by atoms with Crippen LogP contribution in [0, 0.1) is 0 Å². The maximum absolute atomic E-state index is 11.8. The molecule has 24 heavy (non-hydrogen) atoms. The van der Waals surface area contributed by atoms with Gasteiger partial charge in [-0.25, -0.2) is 4.79 Å². The Kier molecular flexibility index (Phi) is 8.83. The summed E-state index contributed by atoms with van der Waals surface area (Å²) in [4.78, 5) is 11.8. The molecule has 0 bridgehead atoms. The van der Waals surface area contributed by atoms with E-state index in [4.69, 9.17) is 4.74 Å². The van der Waals surface area contributed by atoms with E-state index in [2.05, 4.69) is 36.5 Å². The number of carbonyl (C=O) groups excluding carboxylic acids is 1. The molecule has 2 N–H and O–H groups in total. The van der Waals surface area contributed by atoms with Gasteiger partial charge in [-0.3, -0.25) is 0 Å². The number of benzene rings is 1. The van der Waals surface area contributed by atoms with Gasteiger partial charge in [0.2, 0.25) is 0 Å². The first kappa shape index (κ1) is 20.5. The average Bonchev–Trinajstić information content (AvgIpc) is 2.50. The van der Waals surface area contributed by atoms with E-state index in [1.165, 1.54) is 31.2 Å². The largest absolute Gasteiger partial charge is 0.444 e. The summed E-state index contributed by atoms with van der Waals surface area (Å²) in [5.74, 6) is 0. The molecule has 0 saturated carbocycles. The Balaban J connectivity index is 2.46. The Hall–Kier alpha value is -1.55. The number of aliphatic hydroxyl groups is 1. The van der Waals surface area contributed by atoms with Crippen molar-refractivity contribution in [2.45, 2.75) is 77.9 Å². The van der Waals surface area contributed by atoms with Crippen LogP contribution in [0.3, 0.4) is 0 Å². The van der Waals surface area contributed by atoms with E-state index < -0.39 is 11.7 Å². The molecule has 4 nitrogen and oxygen atoms in total. The van der Waals surface area contributed by atoms with Crippen LogP contribution in [0.4, 0.5) is 4.79 Å². The molecule has 0 fully saturated rings. The Labute approximate surface area is 146 Å². The normalized spacial score (nSPS) is 12.7. The summed E-state index contributed by atoms with van der Waals surface area (Å²) in [6, 6.07) is 8.10. The molecule has 0 aromatic heterocycles. The number of amides is 1. The van der Waals surface area contributed by atoms with Crippen molar-refractivity contribution in [3.05, 3.63) is 35.4 Å². The van der Waals surface area contributed by atoms with Crippen molar-refractivity contribution in [3.8, 4) is 0 Å². The van der Waals surface area contributed by atoms with Gasteiger partial charge in [0.25, 0.3) is 0 Å². The molecule has 0 radical (unpaired) electrons. The van der Waals surface area contributed by atoms with Crippen LogP contribution in [0.5, 0.6) is 0 Å². The quantitative estimate of drug-likeness (QED) is 0.664. The predicted molar refractivity (Wildman–Crippen MR) is 98.2 cm³/mol. The number of ether oxygens (including phenoxy) is 1. The second-order valence-corrected chi connectivity index (χ2v) is 7.36. The van der Waals surface area contributed by atoms with Gasteiger partial charge in [-0.15, -0.1) is 0 Å². The van der Waals surface area contributed by atoms with Crippen LogP contribution in [0.15, 0.2) is 24.3 Å². The molecule has 136 valence electrons. The maximum Gasteiger partial charge on any atom is 0.407 e. The highest BCUT2D eigenvalue weighted by molar-refractivity contribution is 5.68. The first-order valence-corrected chi connectivity index (χ1v) is 9.02. The van der Waals surface area contributed by atoms with Gasteiger partial charge in [0.1, 0.15) is 5.60 Å². The molecule has 1 atom stereocenters. The summed E-state index contributed by atoms with van der Waals surface area (Å²) in [5, 5.41) is 12.2. The molecule has 0 spiro atoms. The van der Waals surface area contributed by atoms with Gasteiger partial charge in [-0.1, -0.05) is 50.5 Å². The Morgan fingerprint density at radius 1 is 1.12 bits per heavy atom. The molecule has 1 unspecified atom stereocenters. The van der Waals surface area contributed by atoms with Crippen LogP contribution in [0.25, 0.3) is 0 Å². The highest BCUT2D eigenvalue weighted by Crippen LogP contribution is 2.12. The lowest BCUT2D eigenvalue weighted by molar-refractivity contribution is 0.0483. The Morgan fingerprint density at radius 3 is 2.29 bits per heavy atom. The van der Waals surface area contributed by atoms with Crippen LogP contribution in [0.1, 0.15) is 64.5 Å². The van der Waals surface area contributed by atoms with E-state index in [-0.39, 0.29) is 12.6 Å². The summed E-state index contributed by atoms with van der Waals surface area (Å²) in [5.41, 5.74) is 1.90. The molecular formula is C20H33NO3. The third-order valence-electron chi connectivity index (χ3n) is 3.77. The summed E-state index contributed by atoms with van der Waals surface area (Å²) in [6.07, 6.45) is 6.27. The number of aliphatic hydroxyl groups excluding tert-OH is 1. The first-order chi connectivity index (χ1) is 11.3. The van der Waals surface area contributed by atoms with Crippen molar-refractivity contribution in [2.24, 2.45) is 0 Å². The zero-order valence-corrected chi connectivity index (χ0v) is 15.6. The number of hydrogen-bond donors (Lipinski definition) is 2. The minimum atomic E-state index is -0.538. The van der Waals surface area contributed by atoms with Crippen molar-refractivity contribution in [1.29, 1.82) is 0 Å². The zero-order valence-electron chi connectivity index (χ0n) is 15.6. The number of alkyl carbamates (subject to hydrolysis) is 1. The van der Waals surface area contributed by atoms with Crippen molar-refractivity contribution in [2.75, 3.05) is 6.61 Å². The second kappa shape index (κ2) is 10.3. The first-order valence-electron chi connectivity index (χ1n) is 9.02. The van der Waals surface area contributed by atoms with Crippen molar-refractivity contribution in [1.82, 2.24) is 5.32 Å². The maximum atomic E-state index is 11.8. The lowest BCUT2D eigenvalue weighted by atomic mass is 10.0. The summed E-state index contributed by atoms with van der Waals surface area (Å²) in [7, 11) is 0. The molecule has 1 aromatic carbocycles. The van der Waals surface area contributed by atoms with Gasteiger partial charge < -0.3 is 15.2 Å². The Bertz CT molecular complexity index is 477. The predicted octanol–water partition coefficient (Wildman–Crippen LogP) is 4.24. The van der Waals surface area contributed by atoms with Gasteiger partial charge in [0, 0.05) is 0 Å². The van der Waals surface area contributed by atoms with Crippen molar-refractivity contribution in [3.63, 3.8) is 0 Å². The second-order valence-electron chi connectivity index (χ2n) is 7.36. The van der Waals surface area contributed by atoms with E-state index in [1.54, 1.807) is 0 Å². The minimum Gasteiger partial charge on any atom is -0.444 e. The summed E-state index contributed by atoms with van der Waals surface area (Å²) < 4.78 is 5.23. The molecule has 1 amide bonds. The van der Waals surface area contributed by atoms with Gasteiger partial charge in [0.15, 0.2) is 0 Å². The fraction of sp³-hybridized carbons (Fsp3) is 0.650. The smallest absolute Gasteiger partial charge is 0.407 e. The van der Waals surface area contributed by atoms with Crippen LogP contribution < -0.4 is 5.32 Å². The van der Waals surface area contributed by atoms with Crippen LogP contribution in [0.2, 0.25) is 0 Å². The van der Waals surface area contributed by atoms with Crippen molar-refractivity contribution < 1.29 is 14.6 Å². The molecule has 0 aliphatic rings. The minimum absolute atomic E-state index is 0.113. The van der Waals surface area contributed by atoms with E-state index in [0.29, 0.717) is 6.42 Å². The topological polar surface area (TPSA) is 58.6 Å². The number of hydrogen-bond acceptors (Lipinski definition) is 3. The number of carbonyl (C=O) groups is 1. The van der Waals surface area contributed by atoms with Crippen LogP contribution >= 0.6 is 0 Å². The molecule has 0 aliphatic carbocycles. The van der Waals surface area contributed by atoms with Gasteiger partial charge in [-0.2, -0.15) is 0 Å².